The van der Waals surface area contributed by atoms with Gasteiger partial charge in [0.1, 0.15) is 16.1 Å². The van der Waals surface area contributed by atoms with E-state index in [0.717, 1.165) is 6.07 Å². The molecule has 23 heavy (non-hydrogen) atoms. The molecule has 0 amide bonds. The highest BCUT2D eigenvalue weighted by molar-refractivity contribution is 7.95. The SMILES string of the molecule is CC1=N[C@](C)(c2cc(N)ccc2F)[C@]2(F)CCC[C@@]1(C)S2(=O)=O. The lowest BCUT2D eigenvalue weighted by Crippen LogP contribution is -2.66. The Hall–Kier alpha value is -1.50. The summed E-state index contributed by atoms with van der Waals surface area (Å²) in [5.74, 6) is -0.709. The molecule has 3 rings (SSSR count). The van der Waals surface area contributed by atoms with Gasteiger partial charge in [-0.1, -0.05) is 0 Å². The van der Waals surface area contributed by atoms with Gasteiger partial charge in [0, 0.05) is 17.0 Å². The molecule has 2 aliphatic heterocycles. The number of anilines is 1. The average Bonchev–Trinajstić information content (AvgIpc) is 2.46. The molecule has 1 saturated heterocycles. The summed E-state index contributed by atoms with van der Waals surface area (Å²) in [6.45, 7) is 4.42. The van der Waals surface area contributed by atoms with Gasteiger partial charge in [0.15, 0.2) is 9.84 Å². The second-order valence-electron chi connectivity index (χ2n) is 6.83. The van der Waals surface area contributed by atoms with Crippen molar-refractivity contribution >= 4 is 21.2 Å². The summed E-state index contributed by atoms with van der Waals surface area (Å²) in [4.78, 5) is 4.38. The fourth-order valence-corrected chi connectivity index (χ4v) is 6.53. The van der Waals surface area contributed by atoms with Gasteiger partial charge in [0.2, 0.25) is 5.00 Å². The largest absolute Gasteiger partial charge is 0.399 e. The van der Waals surface area contributed by atoms with Crippen LogP contribution in [0.3, 0.4) is 0 Å². The van der Waals surface area contributed by atoms with Crippen LogP contribution in [0.15, 0.2) is 23.2 Å². The predicted molar refractivity (Wildman–Crippen MR) is 86.3 cm³/mol. The first-order valence-electron chi connectivity index (χ1n) is 7.55. The van der Waals surface area contributed by atoms with E-state index in [-0.39, 0.29) is 17.7 Å². The molecule has 0 aliphatic carbocycles. The monoisotopic (exact) mass is 342 g/mol. The quantitative estimate of drug-likeness (QED) is 0.797. The number of benzene rings is 1. The number of hydrogen-bond donors (Lipinski definition) is 1. The van der Waals surface area contributed by atoms with Crippen LogP contribution >= 0.6 is 0 Å². The van der Waals surface area contributed by atoms with Gasteiger partial charge in [-0.25, -0.2) is 17.2 Å². The van der Waals surface area contributed by atoms with Gasteiger partial charge >= 0.3 is 0 Å². The van der Waals surface area contributed by atoms with Crippen LogP contribution in [0.25, 0.3) is 0 Å². The fourth-order valence-electron chi connectivity index (χ4n) is 3.87. The van der Waals surface area contributed by atoms with Crippen molar-refractivity contribution in [2.75, 3.05) is 5.73 Å². The number of nitrogens with two attached hydrogens (primary N) is 1. The predicted octanol–water partition coefficient (Wildman–Crippen LogP) is 3.12. The zero-order valence-corrected chi connectivity index (χ0v) is 14.2. The number of hydrogen-bond acceptors (Lipinski definition) is 4. The van der Waals surface area contributed by atoms with Crippen molar-refractivity contribution in [2.24, 2.45) is 4.99 Å². The lowest BCUT2D eigenvalue weighted by molar-refractivity contribution is 0.115. The molecule has 2 N–H and O–H groups in total. The fraction of sp³-hybridized carbons (Fsp3) is 0.562. The van der Waals surface area contributed by atoms with Gasteiger partial charge < -0.3 is 5.73 Å². The maximum Gasteiger partial charge on any atom is 0.240 e. The molecule has 0 aromatic heterocycles. The molecule has 7 heteroatoms. The Balaban J connectivity index is 2.40. The maximum atomic E-state index is 15.9. The highest BCUT2D eigenvalue weighted by Gasteiger charge is 2.70. The summed E-state index contributed by atoms with van der Waals surface area (Å²) in [7, 11) is -4.20. The van der Waals surface area contributed by atoms with Crippen LogP contribution in [0, 0.1) is 5.82 Å². The molecular formula is C16H20F2N2O2S. The standard InChI is InChI=1S/C16H20F2N2O2S/c1-10-14(2)7-4-8-16(18,23(14,21)22)15(3,20-10)12-9-11(19)5-6-13(12)17/h5-6,9H,4,7-8,19H2,1-3H3/t14-,15-,16+/m1/s1. The van der Waals surface area contributed by atoms with Gasteiger partial charge in [0.25, 0.3) is 0 Å². The topological polar surface area (TPSA) is 72.5 Å². The summed E-state index contributed by atoms with van der Waals surface area (Å²) < 4.78 is 55.0. The zero-order valence-electron chi connectivity index (χ0n) is 13.4. The first kappa shape index (κ1) is 16.4. The van der Waals surface area contributed by atoms with Crippen molar-refractivity contribution < 1.29 is 17.2 Å². The van der Waals surface area contributed by atoms with E-state index in [1.807, 2.05) is 0 Å². The van der Waals surface area contributed by atoms with E-state index in [9.17, 15) is 12.8 Å². The molecular weight excluding hydrogens is 322 g/mol. The molecule has 2 aliphatic rings. The third-order valence-electron chi connectivity index (χ3n) is 5.57. The molecule has 2 heterocycles. The molecule has 2 bridgehead atoms. The van der Waals surface area contributed by atoms with Crippen LogP contribution in [0.5, 0.6) is 0 Å². The number of rotatable bonds is 1. The Morgan fingerprint density at radius 1 is 1.26 bits per heavy atom. The number of halogens is 2. The summed E-state index contributed by atoms with van der Waals surface area (Å²) in [5, 5.41) is -2.65. The van der Waals surface area contributed by atoms with Crippen molar-refractivity contribution in [2.45, 2.75) is 55.3 Å². The van der Waals surface area contributed by atoms with Crippen LogP contribution in [0.1, 0.15) is 45.6 Å². The van der Waals surface area contributed by atoms with Crippen LogP contribution in [-0.4, -0.2) is 23.9 Å². The molecule has 126 valence electrons. The van der Waals surface area contributed by atoms with Crippen molar-refractivity contribution in [1.82, 2.24) is 0 Å². The first-order valence-corrected chi connectivity index (χ1v) is 9.03. The number of sulfone groups is 1. The molecule has 3 atom stereocenters. The highest BCUT2D eigenvalue weighted by atomic mass is 32.2. The van der Waals surface area contributed by atoms with Crippen LogP contribution in [-0.2, 0) is 15.4 Å². The molecule has 0 unspecified atom stereocenters. The van der Waals surface area contributed by atoms with Crippen molar-refractivity contribution in [1.29, 1.82) is 0 Å². The van der Waals surface area contributed by atoms with E-state index in [1.54, 1.807) is 6.92 Å². The third kappa shape index (κ3) is 1.74. The summed E-state index contributed by atoms with van der Waals surface area (Å²) in [5.41, 5.74) is 4.29. The minimum absolute atomic E-state index is 0.119. The van der Waals surface area contributed by atoms with Crippen LogP contribution in [0.4, 0.5) is 14.5 Å². The van der Waals surface area contributed by atoms with Gasteiger partial charge in [-0.3, -0.25) is 4.99 Å². The van der Waals surface area contributed by atoms with Gasteiger partial charge in [0.05, 0.1) is 0 Å². The summed E-state index contributed by atoms with van der Waals surface area (Å²) >= 11 is 0. The molecule has 1 aromatic carbocycles. The Morgan fingerprint density at radius 2 is 1.91 bits per heavy atom. The lowest BCUT2D eigenvalue weighted by Gasteiger charge is -2.52. The van der Waals surface area contributed by atoms with Crippen LogP contribution in [0.2, 0.25) is 0 Å². The Kier molecular flexibility index (Phi) is 3.22. The number of alkyl halides is 1. The smallest absolute Gasteiger partial charge is 0.240 e. The second-order valence-corrected chi connectivity index (χ2v) is 9.38. The highest BCUT2D eigenvalue weighted by Crippen LogP contribution is 2.57. The van der Waals surface area contributed by atoms with Crippen molar-refractivity contribution in [3.8, 4) is 0 Å². The maximum absolute atomic E-state index is 15.9. The molecule has 4 nitrogen and oxygen atoms in total. The van der Waals surface area contributed by atoms with E-state index in [2.05, 4.69) is 4.99 Å². The van der Waals surface area contributed by atoms with Crippen molar-refractivity contribution in [3.63, 3.8) is 0 Å². The lowest BCUT2D eigenvalue weighted by atomic mass is 9.80. The minimum Gasteiger partial charge on any atom is -0.399 e. The normalized spacial score (nSPS) is 38.9. The van der Waals surface area contributed by atoms with E-state index in [1.165, 1.54) is 26.0 Å². The zero-order chi connectivity index (χ0) is 17.3. The molecule has 0 radical (unpaired) electrons. The number of aliphatic imine (C=N–C) groups is 1. The Morgan fingerprint density at radius 3 is 2.57 bits per heavy atom. The first-order chi connectivity index (χ1) is 10.5. The Bertz CT molecular complexity index is 823. The second kappa shape index (κ2) is 4.53. The van der Waals surface area contributed by atoms with Crippen LogP contribution < -0.4 is 5.73 Å². The van der Waals surface area contributed by atoms with Gasteiger partial charge in [-0.05, 0) is 58.2 Å². The summed E-state index contributed by atoms with van der Waals surface area (Å²) in [6, 6.07) is 3.75. The summed E-state index contributed by atoms with van der Waals surface area (Å²) in [6.07, 6.45) is 0.525. The van der Waals surface area contributed by atoms with E-state index < -0.39 is 30.9 Å². The van der Waals surface area contributed by atoms with E-state index in [0.29, 0.717) is 18.6 Å². The molecule has 1 aromatic rings. The average molecular weight is 342 g/mol. The van der Waals surface area contributed by atoms with E-state index in [4.69, 9.17) is 5.73 Å². The van der Waals surface area contributed by atoms with Crippen molar-refractivity contribution in [3.05, 3.63) is 29.6 Å². The molecule has 1 fully saturated rings. The third-order valence-corrected chi connectivity index (χ3v) is 8.71. The number of nitrogens with zero attached hydrogens (tertiary/aromatic N) is 1. The number of fused-ring (bicyclic) bond motifs is 2. The van der Waals surface area contributed by atoms with Gasteiger partial charge in [-0.15, -0.1) is 0 Å². The van der Waals surface area contributed by atoms with Gasteiger partial charge in [-0.2, -0.15) is 0 Å². The molecule has 0 spiro atoms. The Labute approximate surface area is 134 Å². The minimum atomic E-state index is -4.20. The molecule has 0 saturated carbocycles. The number of nitrogen functional groups attached to an aromatic ring is 1. The van der Waals surface area contributed by atoms with E-state index >= 15 is 4.39 Å².